The second kappa shape index (κ2) is 8.38. The van der Waals surface area contributed by atoms with E-state index in [-0.39, 0.29) is 23.2 Å². The molecule has 160 valence electrons. The largest absolute Gasteiger partial charge is 0.469 e. The highest BCUT2D eigenvalue weighted by Crippen LogP contribution is 2.26. The quantitative estimate of drug-likeness (QED) is 0.598. The molecule has 0 N–H and O–H groups in total. The summed E-state index contributed by atoms with van der Waals surface area (Å²) in [6.07, 6.45) is 1.22. The van der Waals surface area contributed by atoms with Gasteiger partial charge in [0.2, 0.25) is 0 Å². The Morgan fingerprint density at radius 2 is 1.71 bits per heavy atom. The lowest BCUT2D eigenvalue weighted by atomic mass is 9.96. The van der Waals surface area contributed by atoms with E-state index >= 15 is 0 Å². The predicted molar refractivity (Wildman–Crippen MR) is 118 cm³/mol. The van der Waals surface area contributed by atoms with Crippen LogP contribution in [-0.4, -0.2) is 37.0 Å². The molecule has 0 atom stereocenters. The smallest absolute Gasteiger partial charge is 0.308 e. The molecule has 2 aromatic carbocycles. The lowest BCUT2D eigenvalue weighted by Crippen LogP contribution is -2.40. The van der Waals surface area contributed by atoms with Crippen LogP contribution in [0.25, 0.3) is 22.3 Å². The maximum absolute atomic E-state index is 12.8. The molecule has 1 aromatic heterocycles. The summed E-state index contributed by atoms with van der Waals surface area (Å²) in [4.78, 5) is 38.9. The Hall–Kier alpha value is -3.41. The number of nitrogens with zero attached hydrogens (tertiary/aromatic N) is 1. The molecule has 31 heavy (non-hydrogen) atoms. The van der Waals surface area contributed by atoms with Crippen molar-refractivity contribution in [2.75, 3.05) is 20.2 Å². The molecule has 1 aliphatic rings. The van der Waals surface area contributed by atoms with Crippen LogP contribution in [0.5, 0.6) is 0 Å². The first-order chi connectivity index (χ1) is 14.9. The highest BCUT2D eigenvalue weighted by molar-refractivity contribution is 5.95. The van der Waals surface area contributed by atoms with Crippen molar-refractivity contribution in [3.63, 3.8) is 0 Å². The molecule has 1 saturated heterocycles. The number of piperidine rings is 1. The SMILES string of the molecule is COC(=O)C1CCN(C(=O)c2ccc(-c3cc(=O)c4cc(C)cc(C)c4o3)cc2)CC1. The second-order valence-corrected chi connectivity index (χ2v) is 8.10. The zero-order valence-corrected chi connectivity index (χ0v) is 17.9. The van der Waals surface area contributed by atoms with E-state index in [1.807, 2.05) is 26.0 Å². The molecule has 1 fully saturated rings. The number of benzene rings is 2. The Labute approximate surface area is 180 Å². The molecule has 0 radical (unpaired) electrons. The van der Waals surface area contributed by atoms with Gasteiger partial charge in [-0.25, -0.2) is 0 Å². The number of fused-ring (bicyclic) bond motifs is 1. The minimum atomic E-state index is -0.210. The number of hydrogen-bond donors (Lipinski definition) is 0. The van der Waals surface area contributed by atoms with Gasteiger partial charge in [0.15, 0.2) is 5.43 Å². The molecule has 0 unspecified atom stereocenters. The first kappa shape index (κ1) is 20.8. The minimum absolute atomic E-state index is 0.0684. The van der Waals surface area contributed by atoms with Crippen LogP contribution in [0, 0.1) is 19.8 Å². The molecule has 3 aromatic rings. The van der Waals surface area contributed by atoms with E-state index in [0.717, 1.165) is 16.7 Å². The van der Waals surface area contributed by atoms with Gasteiger partial charge in [-0.3, -0.25) is 14.4 Å². The first-order valence-electron chi connectivity index (χ1n) is 10.4. The third-order valence-corrected chi connectivity index (χ3v) is 5.89. The monoisotopic (exact) mass is 419 g/mol. The van der Waals surface area contributed by atoms with E-state index < -0.39 is 0 Å². The Bertz CT molecular complexity index is 1200. The predicted octanol–water partition coefficient (Wildman–Crippen LogP) is 4.10. The van der Waals surface area contributed by atoms with Gasteiger partial charge >= 0.3 is 5.97 Å². The van der Waals surface area contributed by atoms with E-state index in [2.05, 4.69) is 0 Å². The van der Waals surface area contributed by atoms with E-state index in [0.29, 0.717) is 48.2 Å². The number of ether oxygens (including phenoxy) is 1. The van der Waals surface area contributed by atoms with Crippen LogP contribution in [0.15, 0.2) is 51.7 Å². The number of methoxy groups -OCH3 is 1. The second-order valence-electron chi connectivity index (χ2n) is 8.10. The van der Waals surface area contributed by atoms with Gasteiger partial charge < -0.3 is 14.1 Å². The summed E-state index contributed by atoms with van der Waals surface area (Å²) in [6, 6.07) is 12.4. The van der Waals surface area contributed by atoms with Crippen LogP contribution in [0.4, 0.5) is 0 Å². The van der Waals surface area contributed by atoms with Crippen molar-refractivity contribution >= 4 is 22.8 Å². The van der Waals surface area contributed by atoms with Crippen molar-refractivity contribution < 1.29 is 18.7 Å². The Morgan fingerprint density at radius 1 is 1.03 bits per heavy atom. The molecule has 1 aliphatic heterocycles. The zero-order chi connectivity index (χ0) is 22.1. The molecule has 6 heteroatoms. The molecule has 0 saturated carbocycles. The van der Waals surface area contributed by atoms with Gasteiger partial charge in [-0.15, -0.1) is 0 Å². The van der Waals surface area contributed by atoms with Crippen molar-refractivity contribution in [3.05, 3.63) is 69.4 Å². The molecule has 1 amide bonds. The van der Waals surface area contributed by atoms with Crippen LogP contribution >= 0.6 is 0 Å². The fourth-order valence-electron chi connectivity index (χ4n) is 4.20. The Morgan fingerprint density at radius 3 is 2.35 bits per heavy atom. The number of carbonyl (C=O) groups excluding carboxylic acids is 2. The first-order valence-corrected chi connectivity index (χ1v) is 10.4. The van der Waals surface area contributed by atoms with Crippen LogP contribution < -0.4 is 5.43 Å². The molecule has 0 aliphatic carbocycles. The van der Waals surface area contributed by atoms with Gasteiger partial charge in [0.05, 0.1) is 18.4 Å². The van der Waals surface area contributed by atoms with Crippen molar-refractivity contribution in [2.24, 2.45) is 5.92 Å². The third-order valence-electron chi connectivity index (χ3n) is 5.89. The molecule has 6 nitrogen and oxygen atoms in total. The lowest BCUT2D eigenvalue weighted by molar-refractivity contribution is -0.146. The number of hydrogen-bond acceptors (Lipinski definition) is 5. The summed E-state index contributed by atoms with van der Waals surface area (Å²) in [5, 5.41) is 0.573. The number of esters is 1. The zero-order valence-electron chi connectivity index (χ0n) is 17.9. The number of carbonyl (C=O) groups is 2. The standard InChI is InChI=1S/C25H25NO5/c1-15-12-16(2)23-20(13-15)21(27)14-22(31-23)17-4-6-18(7-5-17)24(28)26-10-8-19(9-11-26)25(29)30-3/h4-7,12-14,19H,8-11H2,1-3H3. The van der Waals surface area contributed by atoms with E-state index in [1.165, 1.54) is 13.2 Å². The van der Waals surface area contributed by atoms with Crippen LogP contribution in [-0.2, 0) is 9.53 Å². The molecule has 2 heterocycles. The summed E-state index contributed by atoms with van der Waals surface area (Å²) in [7, 11) is 1.39. The van der Waals surface area contributed by atoms with E-state index in [1.54, 1.807) is 29.2 Å². The normalized spacial score (nSPS) is 14.6. The summed E-state index contributed by atoms with van der Waals surface area (Å²) in [5.41, 5.74) is 3.73. The number of amides is 1. The van der Waals surface area contributed by atoms with Gasteiger partial charge in [0, 0.05) is 30.3 Å². The number of aryl methyl sites for hydroxylation is 2. The fourth-order valence-corrected chi connectivity index (χ4v) is 4.20. The lowest BCUT2D eigenvalue weighted by Gasteiger charge is -2.30. The summed E-state index contributed by atoms with van der Waals surface area (Å²) >= 11 is 0. The minimum Gasteiger partial charge on any atom is -0.469 e. The Balaban J connectivity index is 1.54. The maximum Gasteiger partial charge on any atom is 0.308 e. The average Bonchev–Trinajstić information content (AvgIpc) is 2.79. The van der Waals surface area contributed by atoms with Crippen LogP contribution in [0.1, 0.15) is 34.3 Å². The average molecular weight is 419 g/mol. The van der Waals surface area contributed by atoms with Gasteiger partial charge in [0.1, 0.15) is 11.3 Å². The van der Waals surface area contributed by atoms with Gasteiger partial charge in [0.25, 0.3) is 5.91 Å². The highest BCUT2D eigenvalue weighted by Gasteiger charge is 2.28. The summed E-state index contributed by atoms with van der Waals surface area (Å²) < 4.78 is 10.8. The van der Waals surface area contributed by atoms with Crippen LogP contribution in [0.2, 0.25) is 0 Å². The maximum atomic E-state index is 12.8. The Kier molecular flexibility index (Phi) is 5.63. The molecule has 0 bridgehead atoms. The van der Waals surface area contributed by atoms with Crippen LogP contribution in [0.3, 0.4) is 0 Å². The third kappa shape index (κ3) is 4.10. The van der Waals surface area contributed by atoms with Crippen molar-refractivity contribution in [2.45, 2.75) is 26.7 Å². The van der Waals surface area contributed by atoms with Gasteiger partial charge in [-0.1, -0.05) is 18.2 Å². The topological polar surface area (TPSA) is 76.8 Å². The van der Waals surface area contributed by atoms with Crippen molar-refractivity contribution in [3.8, 4) is 11.3 Å². The fraction of sp³-hybridized carbons (Fsp3) is 0.320. The molecular weight excluding hydrogens is 394 g/mol. The van der Waals surface area contributed by atoms with E-state index in [4.69, 9.17) is 9.15 Å². The van der Waals surface area contributed by atoms with Gasteiger partial charge in [-0.2, -0.15) is 0 Å². The number of likely N-dealkylation sites (tertiary alicyclic amines) is 1. The molecule has 0 spiro atoms. The molecule has 4 rings (SSSR count). The van der Waals surface area contributed by atoms with Crippen molar-refractivity contribution in [1.82, 2.24) is 4.90 Å². The number of rotatable bonds is 3. The van der Waals surface area contributed by atoms with E-state index in [9.17, 15) is 14.4 Å². The summed E-state index contributed by atoms with van der Waals surface area (Å²) in [5.74, 6) is 0.0571. The van der Waals surface area contributed by atoms with Gasteiger partial charge in [-0.05, 0) is 56.0 Å². The molecular formula is C25H25NO5. The highest BCUT2D eigenvalue weighted by atomic mass is 16.5. The van der Waals surface area contributed by atoms with Crippen molar-refractivity contribution in [1.29, 1.82) is 0 Å². The summed E-state index contributed by atoms with van der Waals surface area (Å²) in [6.45, 7) is 4.93.